The fourth-order valence-corrected chi connectivity index (χ4v) is 2.50. The number of rotatable bonds is 6. The molecule has 5 nitrogen and oxygen atoms in total. The van der Waals surface area contributed by atoms with Gasteiger partial charge in [-0.15, -0.1) is 0 Å². The van der Waals surface area contributed by atoms with Crippen molar-refractivity contribution >= 4 is 23.5 Å². The van der Waals surface area contributed by atoms with Crippen molar-refractivity contribution in [2.75, 3.05) is 12.4 Å². The quantitative estimate of drug-likeness (QED) is 0.313. The van der Waals surface area contributed by atoms with Crippen LogP contribution < -0.4 is 10.1 Å². The van der Waals surface area contributed by atoms with Crippen LogP contribution in [0.25, 0.3) is 6.08 Å². The SMILES string of the molecule is COc1cccc(NC(=O)/C(=C/c2ccccc2)C(=O)c2cccnc2)c1. The Balaban J connectivity index is 1.95. The van der Waals surface area contributed by atoms with Crippen LogP contribution in [0.4, 0.5) is 5.69 Å². The maximum atomic E-state index is 12.9. The highest BCUT2D eigenvalue weighted by molar-refractivity contribution is 6.31. The topological polar surface area (TPSA) is 68.3 Å². The predicted octanol–water partition coefficient (Wildman–Crippen LogP) is 4.00. The van der Waals surface area contributed by atoms with Gasteiger partial charge >= 0.3 is 0 Å². The number of carbonyl (C=O) groups is 2. The molecule has 1 amide bonds. The highest BCUT2D eigenvalue weighted by Crippen LogP contribution is 2.19. The molecule has 3 aromatic rings. The Morgan fingerprint density at radius 2 is 1.81 bits per heavy atom. The summed E-state index contributed by atoms with van der Waals surface area (Å²) in [6.45, 7) is 0. The van der Waals surface area contributed by atoms with Gasteiger partial charge in [-0.1, -0.05) is 36.4 Å². The third-order valence-corrected chi connectivity index (χ3v) is 3.85. The molecular weight excluding hydrogens is 340 g/mol. The van der Waals surface area contributed by atoms with Crippen LogP contribution in [-0.2, 0) is 4.79 Å². The van der Waals surface area contributed by atoms with E-state index in [1.807, 2.05) is 30.3 Å². The van der Waals surface area contributed by atoms with E-state index in [2.05, 4.69) is 10.3 Å². The Kier molecular flexibility index (Phi) is 5.74. The first kappa shape index (κ1) is 18.1. The number of anilines is 1. The van der Waals surface area contributed by atoms with Crippen LogP contribution in [0.2, 0.25) is 0 Å². The second-order valence-corrected chi connectivity index (χ2v) is 5.73. The monoisotopic (exact) mass is 358 g/mol. The molecule has 0 unspecified atom stereocenters. The molecule has 1 N–H and O–H groups in total. The van der Waals surface area contributed by atoms with Gasteiger partial charge in [0, 0.05) is 29.7 Å². The number of ether oxygens (including phenoxy) is 1. The minimum Gasteiger partial charge on any atom is -0.497 e. The Hall–Kier alpha value is -3.73. The maximum absolute atomic E-state index is 12.9. The van der Waals surface area contributed by atoms with Crippen LogP contribution in [0.5, 0.6) is 5.75 Å². The average Bonchev–Trinajstić information content (AvgIpc) is 2.73. The highest BCUT2D eigenvalue weighted by atomic mass is 16.5. The van der Waals surface area contributed by atoms with Crippen molar-refractivity contribution in [2.24, 2.45) is 0 Å². The fourth-order valence-electron chi connectivity index (χ4n) is 2.50. The van der Waals surface area contributed by atoms with Crippen molar-refractivity contribution in [3.05, 3.63) is 95.8 Å². The van der Waals surface area contributed by atoms with Crippen molar-refractivity contribution in [2.45, 2.75) is 0 Å². The minimum absolute atomic E-state index is 0.0250. The van der Waals surface area contributed by atoms with Crippen LogP contribution in [0.15, 0.2) is 84.7 Å². The molecule has 2 aromatic carbocycles. The summed E-state index contributed by atoms with van der Waals surface area (Å²) in [5, 5.41) is 2.76. The zero-order chi connectivity index (χ0) is 19.1. The van der Waals surface area contributed by atoms with Gasteiger partial charge in [0.2, 0.25) is 0 Å². The molecule has 0 spiro atoms. The van der Waals surface area contributed by atoms with Crippen molar-refractivity contribution in [1.82, 2.24) is 4.98 Å². The molecule has 3 rings (SSSR count). The zero-order valence-electron chi connectivity index (χ0n) is 14.8. The van der Waals surface area contributed by atoms with E-state index in [0.717, 1.165) is 5.56 Å². The molecule has 134 valence electrons. The molecule has 0 aliphatic heterocycles. The summed E-state index contributed by atoms with van der Waals surface area (Å²) in [5.74, 6) is -0.284. The molecule has 1 heterocycles. The molecule has 5 heteroatoms. The number of amides is 1. The van der Waals surface area contributed by atoms with E-state index < -0.39 is 11.7 Å². The van der Waals surface area contributed by atoms with Crippen molar-refractivity contribution in [3.8, 4) is 5.75 Å². The first-order valence-electron chi connectivity index (χ1n) is 8.34. The number of Topliss-reactive ketones (excluding diaryl/α,β-unsaturated/α-hetero) is 1. The molecule has 0 saturated carbocycles. The van der Waals surface area contributed by atoms with Crippen LogP contribution in [0.3, 0.4) is 0 Å². The molecule has 1 aromatic heterocycles. The van der Waals surface area contributed by atoms with E-state index in [-0.39, 0.29) is 5.57 Å². The molecule has 0 saturated heterocycles. The third-order valence-electron chi connectivity index (χ3n) is 3.85. The van der Waals surface area contributed by atoms with E-state index in [1.54, 1.807) is 55.8 Å². The molecule has 0 aliphatic carbocycles. The Morgan fingerprint density at radius 1 is 1.00 bits per heavy atom. The largest absolute Gasteiger partial charge is 0.497 e. The summed E-state index contributed by atoms with van der Waals surface area (Å²) in [7, 11) is 1.55. The molecule has 0 bridgehead atoms. The summed E-state index contributed by atoms with van der Waals surface area (Å²) < 4.78 is 5.17. The standard InChI is InChI=1S/C22H18N2O3/c1-27-19-11-5-10-18(14-19)24-22(26)20(13-16-7-3-2-4-8-16)21(25)17-9-6-12-23-15-17/h2-15H,1H3,(H,24,26)/b20-13+. The number of carbonyl (C=O) groups excluding carboxylic acids is 2. The second kappa shape index (κ2) is 8.58. The summed E-state index contributed by atoms with van der Waals surface area (Å²) in [4.78, 5) is 29.7. The van der Waals surface area contributed by atoms with E-state index in [0.29, 0.717) is 17.0 Å². The van der Waals surface area contributed by atoms with Crippen molar-refractivity contribution in [3.63, 3.8) is 0 Å². The van der Waals surface area contributed by atoms with Gasteiger partial charge < -0.3 is 10.1 Å². The number of benzene rings is 2. The third kappa shape index (κ3) is 4.67. The number of methoxy groups -OCH3 is 1. The second-order valence-electron chi connectivity index (χ2n) is 5.73. The predicted molar refractivity (Wildman–Crippen MR) is 105 cm³/mol. The Morgan fingerprint density at radius 3 is 2.52 bits per heavy atom. The lowest BCUT2D eigenvalue weighted by molar-refractivity contribution is -0.112. The van der Waals surface area contributed by atoms with E-state index >= 15 is 0 Å². The van der Waals surface area contributed by atoms with Gasteiger partial charge in [0.05, 0.1) is 12.7 Å². The fraction of sp³-hybridized carbons (Fsp3) is 0.0455. The molecule has 27 heavy (non-hydrogen) atoms. The number of hydrogen-bond donors (Lipinski definition) is 1. The van der Waals surface area contributed by atoms with E-state index in [1.165, 1.54) is 6.20 Å². The highest BCUT2D eigenvalue weighted by Gasteiger charge is 2.20. The first-order valence-corrected chi connectivity index (χ1v) is 8.34. The Bertz CT molecular complexity index is 967. The summed E-state index contributed by atoms with van der Waals surface area (Å²) in [6, 6.07) is 19.5. The lowest BCUT2D eigenvalue weighted by Crippen LogP contribution is -2.21. The van der Waals surface area contributed by atoms with Gasteiger partial charge in [-0.2, -0.15) is 0 Å². The molecule has 0 atom stereocenters. The number of pyridine rings is 1. The van der Waals surface area contributed by atoms with Crippen LogP contribution >= 0.6 is 0 Å². The normalized spacial score (nSPS) is 10.9. The van der Waals surface area contributed by atoms with Crippen molar-refractivity contribution < 1.29 is 14.3 Å². The first-order chi connectivity index (χ1) is 13.2. The number of aromatic nitrogens is 1. The minimum atomic E-state index is -0.499. The average molecular weight is 358 g/mol. The van der Waals surface area contributed by atoms with Gasteiger partial charge in [-0.25, -0.2) is 0 Å². The smallest absolute Gasteiger partial charge is 0.259 e. The number of hydrogen-bond acceptors (Lipinski definition) is 4. The summed E-state index contributed by atoms with van der Waals surface area (Å²) >= 11 is 0. The summed E-state index contributed by atoms with van der Waals surface area (Å²) in [6.07, 6.45) is 4.60. The van der Waals surface area contributed by atoms with Gasteiger partial charge in [-0.3, -0.25) is 14.6 Å². The lowest BCUT2D eigenvalue weighted by Gasteiger charge is -2.10. The van der Waals surface area contributed by atoms with Gasteiger partial charge in [0.15, 0.2) is 5.78 Å². The number of ketones is 1. The molecule has 0 fully saturated rings. The van der Waals surface area contributed by atoms with Crippen LogP contribution in [0.1, 0.15) is 15.9 Å². The number of nitrogens with zero attached hydrogens (tertiary/aromatic N) is 1. The zero-order valence-corrected chi connectivity index (χ0v) is 14.8. The van der Waals surface area contributed by atoms with E-state index in [9.17, 15) is 9.59 Å². The summed E-state index contributed by atoms with van der Waals surface area (Å²) in [5.41, 5.74) is 1.67. The van der Waals surface area contributed by atoms with Gasteiger partial charge in [-0.05, 0) is 35.9 Å². The molecule has 0 aliphatic rings. The Labute approximate surface area is 157 Å². The number of nitrogens with one attached hydrogen (secondary N) is 1. The lowest BCUT2D eigenvalue weighted by atomic mass is 10.0. The molecular formula is C22H18N2O3. The maximum Gasteiger partial charge on any atom is 0.259 e. The molecule has 0 radical (unpaired) electrons. The van der Waals surface area contributed by atoms with Crippen LogP contribution in [0, 0.1) is 0 Å². The van der Waals surface area contributed by atoms with E-state index in [4.69, 9.17) is 4.74 Å². The van der Waals surface area contributed by atoms with Gasteiger partial charge in [0.25, 0.3) is 5.91 Å². The van der Waals surface area contributed by atoms with Crippen molar-refractivity contribution in [1.29, 1.82) is 0 Å². The van der Waals surface area contributed by atoms with Crippen LogP contribution in [-0.4, -0.2) is 23.8 Å². The van der Waals surface area contributed by atoms with Gasteiger partial charge in [0.1, 0.15) is 5.75 Å².